The zero-order chi connectivity index (χ0) is 21.7. The first kappa shape index (κ1) is 21.2. The number of hydrogen-bond donors (Lipinski definition) is 2. The first-order valence-electron chi connectivity index (χ1n) is 9.03. The minimum atomic E-state index is -0.603. The van der Waals surface area contributed by atoms with Crippen LogP contribution in [-0.4, -0.2) is 42.9 Å². The Morgan fingerprint density at radius 3 is 2.60 bits per heavy atom. The normalized spacial score (nSPS) is 11.1. The minimum Gasteiger partial charge on any atom is -0.444 e. The lowest BCUT2D eigenvalue weighted by Gasteiger charge is -2.20. The van der Waals surface area contributed by atoms with Crippen molar-refractivity contribution in [3.63, 3.8) is 0 Å². The fraction of sp³-hybridized carbons (Fsp3) is 0.333. The number of urea groups is 1. The Balaban J connectivity index is 1.66. The Labute approximate surface area is 177 Å². The van der Waals surface area contributed by atoms with E-state index in [9.17, 15) is 9.59 Å². The maximum atomic E-state index is 12.9. The molecule has 30 heavy (non-hydrogen) atoms. The van der Waals surface area contributed by atoms with Gasteiger partial charge in [0.15, 0.2) is 5.13 Å². The lowest BCUT2D eigenvalue weighted by Crippen LogP contribution is -2.38. The number of aryl methyl sites for hydroxylation is 1. The molecule has 1 aromatic carbocycles. The van der Waals surface area contributed by atoms with Gasteiger partial charge in [-0.05, 0) is 43.3 Å². The second kappa shape index (κ2) is 8.86. The molecule has 2 aromatic heterocycles. The van der Waals surface area contributed by atoms with E-state index < -0.39 is 17.7 Å². The molecule has 0 unspecified atom stereocenters. The highest BCUT2D eigenvalue weighted by atomic mass is 32.1. The molecule has 3 aromatic rings. The van der Waals surface area contributed by atoms with Crippen LogP contribution in [-0.2, 0) is 18.3 Å². The molecule has 0 saturated heterocycles. The molecule has 12 heteroatoms. The van der Waals surface area contributed by atoms with Gasteiger partial charge < -0.3 is 10.1 Å². The van der Waals surface area contributed by atoms with E-state index in [1.807, 2.05) is 18.2 Å². The van der Waals surface area contributed by atoms with Gasteiger partial charge in [-0.3, -0.25) is 5.32 Å². The first-order chi connectivity index (χ1) is 14.2. The van der Waals surface area contributed by atoms with Crippen LogP contribution in [0.15, 0.2) is 35.7 Å². The average molecular weight is 430 g/mol. The summed E-state index contributed by atoms with van der Waals surface area (Å²) in [5.41, 5.74) is 0.593. The monoisotopic (exact) mass is 430 g/mol. The third-order valence-corrected chi connectivity index (χ3v) is 4.40. The quantitative estimate of drug-likeness (QED) is 0.637. The number of anilines is 3. The van der Waals surface area contributed by atoms with Crippen molar-refractivity contribution in [2.75, 3.05) is 10.2 Å². The fourth-order valence-electron chi connectivity index (χ4n) is 2.40. The number of ether oxygens (including phenoxy) is 1. The van der Waals surface area contributed by atoms with Gasteiger partial charge in [0.25, 0.3) is 5.95 Å². The van der Waals surface area contributed by atoms with Crippen LogP contribution in [0, 0.1) is 0 Å². The van der Waals surface area contributed by atoms with E-state index in [0.717, 1.165) is 0 Å². The van der Waals surface area contributed by atoms with Gasteiger partial charge >= 0.3 is 12.1 Å². The van der Waals surface area contributed by atoms with Gasteiger partial charge in [-0.15, -0.1) is 11.3 Å². The molecule has 0 aliphatic carbocycles. The number of carbonyl (C=O) groups excluding carboxylic acids is 2. The molecule has 3 amide bonds. The third-order valence-electron chi connectivity index (χ3n) is 3.60. The number of carbonyl (C=O) groups is 2. The van der Waals surface area contributed by atoms with E-state index in [1.54, 1.807) is 45.3 Å². The molecule has 2 N–H and O–H groups in total. The van der Waals surface area contributed by atoms with Crippen molar-refractivity contribution < 1.29 is 14.3 Å². The summed E-state index contributed by atoms with van der Waals surface area (Å²) in [4.78, 5) is 30.4. The summed E-state index contributed by atoms with van der Waals surface area (Å²) in [7, 11) is 1.65. The van der Waals surface area contributed by atoms with Crippen molar-refractivity contribution >= 4 is 40.2 Å². The van der Waals surface area contributed by atoms with E-state index in [2.05, 4.69) is 31.1 Å². The molecule has 0 aliphatic rings. The molecule has 2 heterocycles. The topological polar surface area (TPSA) is 127 Å². The summed E-state index contributed by atoms with van der Waals surface area (Å²) in [6, 6.07) is 8.61. The molecule has 11 nitrogen and oxygen atoms in total. The molecule has 0 fully saturated rings. The molecular weight excluding hydrogens is 408 g/mol. The van der Waals surface area contributed by atoms with Crippen LogP contribution in [0.4, 0.5) is 26.4 Å². The molecule has 0 saturated carbocycles. The van der Waals surface area contributed by atoms with Gasteiger partial charge in [-0.1, -0.05) is 23.3 Å². The Bertz CT molecular complexity index is 1010. The second-order valence-corrected chi connectivity index (χ2v) is 8.06. The van der Waals surface area contributed by atoms with E-state index in [-0.39, 0.29) is 12.5 Å². The lowest BCUT2D eigenvalue weighted by atomic mass is 10.2. The predicted molar refractivity (Wildman–Crippen MR) is 112 cm³/mol. The number of benzene rings is 1. The van der Waals surface area contributed by atoms with Gasteiger partial charge in [0.1, 0.15) is 5.60 Å². The van der Waals surface area contributed by atoms with Crippen LogP contribution in [0.3, 0.4) is 0 Å². The highest BCUT2D eigenvalue weighted by Gasteiger charge is 2.23. The number of tetrazole rings is 1. The van der Waals surface area contributed by atoms with Crippen molar-refractivity contribution in [1.29, 1.82) is 0 Å². The second-order valence-electron chi connectivity index (χ2n) is 7.20. The van der Waals surface area contributed by atoms with Gasteiger partial charge in [-0.25, -0.2) is 24.2 Å². The number of aromatic nitrogens is 5. The van der Waals surface area contributed by atoms with Crippen LogP contribution >= 0.6 is 11.3 Å². The summed E-state index contributed by atoms with van der Waals surface area (Å²) >= 11 is 1.24. The van der Waals surface area contributed by atoms with E-state index in [4.69, 9.17) is 4.74 Å². The Morgan fingerprint density at radius 1 is 1.23 bits per heavy atom. The molecule has 0 atom stereocenters. The van der Waals surface area contributed by atoms with Crippen LogP contribution < -0.4 is 15.5 Å². The number of nitrogens with one attached hydrogen (secondary N) is 2. The van der Waals surface area contributed by atoms with Crippen molar-refractivity contribution in [2.45, 2.75) is 32.9 Å². The number of nitrogens with zero attached hydrogens (tertiary/aromatic N) is 6. The predicted octanol–water partition coefficient (Wildman–Crippen LogP) is 3.06. The van der Waals surface area contributed by atoms with Crippen LogP contribution in [0.25, 0.3) is 0 Å². The Hall–Kier alpha value is -3.54. The molecule has 0 radical (unpaired) electrons. The number of amides is 3. The molecule has 3 rings (SSSR count). The van der Waals surface area contributed by atoms with E-state index in [0.29, 0.717) is 16.5 Å². The van der Waals surface area contributed by atoms with Crippen molar-refractivity contribution in [3.05, 3.63) is 41.4 Å². The van der Waals surface area contributed by atoms with E-state index in [1.165, 1.54) is 20.9 Å². The largest absolute Gasteiger partial charge is 0.444 e. The minimum absolute atomic E-state index is 0.153. The average Bonchev–Trinajstić information content (AvgIpc) is 3.29. The highest BCUT2D eigenvalue weighted by Crippen LogP contribution is 2.22. The summed E-state index contributed by atoms with van der Waals surface area (Å²) in [6.45, 7) is 5.49. The number of thiazole rings is 1. The molecular formula is C18H22N8O3S. The van der Waals surface area contributed by atoms with Crippen LogP contribution in [0.2, 0.25) is 0 Å². The molecule has 0 bridgehead atoms. The van der Waals surface area contributed by atoms with Crippen molar-refractivity contribution in [2.24, 2.45) is 7.05 Å². The maximum Gasteiger partial charge on any atom is 0.413 e. The SMILES string of the molecule is Cn1nnnc1N(C(=O)NCc1csc(NC(=O)OC(C)(C)C)n1)c1ccccc1. The highest BCUT2D eigenvalue weighted by molar-refractivity contribution is 7.13. The van der Waals surface area contributed by atoms with Crippen LogP contribution in [0.1, 0.15) is 26.5 Å². The Kier molecular flexibility index (Phi) is 6.26. The van der Waals surface area contributed by atoms with Crippen LogP contribution in [0.5, 0.6) is 0 Å². The summed E-state index contributed by atoms with van der Waals surface area (Å²) < 4.78 is 6.60. The summed E-state index contributed by atoms with van der Waals surface area (Å²) in [5.74, 6) is 0.268. The Morgan fingerprint density at radius 2 is 1.97 bits per heavy atom. The first-order valence-corrected chi connectivity index (χ1v) is 9.90. The molecule has 158 valence electrons. The lowest BCUT2D eigenvalue weighted by molar-refractivity contribution is 0.0636. The summed E-state index contributed by atoms with van der Waals surface area (Å²) in [6.07, 6.45) is -0.586. The van der Waals surface area contributed by atoms with Gasteiger partial charge in [-0.2, -0.15) is 0 Å². The van der Waals surface area contributed by atoms with Crippen molar-refractivity contribution in [1.82, 2.24) is 30.5 Å². The number of hydrogen-bond acceptors (Lipinski definition) is 8. The fourth-order valence-corrected chi connectivity index (χ4v) is 3.09. The zero-order valence-corrected chi connectivity index (χ0v) is 17.8. The van der Waals surface area contributed by atoms with Gasteiger partial charge in [0.2, 0.25) is 0 Å². The third kappa shape index (κ3) is 5.50. The zero-order valence-electron chi connectivity index (χ0n) is 17.0. The van der Waals surface area contributed by atoms with Crippen molar-refractivity contribution in [3.8, 4) is 0 Å². The van der Waals surface area contributed by atoms with Gasteiger partial charge in [0.05, 0.1) is 17.9 Å². The smallest absolute Gasteiger partial charge is 0.413 e. The maximum absolute atomic E-state index is 12.9. The standard InChI is InChI=1S/C18H22N8O3S/c1-18(2,3)29-17(28)21-14-20-12(11-30-14)10-19-16(27)26(13-8-6-5-7-9-13)15-22-23-24-25(15)4/h5-9,11H,10H2,1-4H3,(H,19,27)(H,20,21,28). The number of para-hydroxylation sites is 1. The van der Waals surface area contributed by atoms with Gasteiger partial charge in [0, 0.05) is 12.4 Å². The summed E-state index contributed by atoms with van der Waals surface area (Å²) in [5, 5.41) is 18.8. The molecule has 0 spiro atoms. The van der Waals surface area contributed by atoms with E-state index >= 15 is 0 Å². The molecule has 0 aliphatic heterocycles. The number of rotatable bonds is 5.